The molecule has 0 radical (unpaired) electrons. The Labute approximate surface area is 135 Å². The normalized spacial score (nSPS) is 16.4. The third kappa shape index (κ3) is 3.84. The Morgan fingerprint density at radius 2 is 1.86 bits per heavy atom. The molecule has 1 amide bonds. The van der Waals surface area contributed by atoms with Crippen molar-refractivity contribution in [3.8, 4) is 0 Å². The number of hydrogen-bond donors (Lipinski definition) is 0. The van der Waals surface area contributed by atoms with E-state index in [0.29, 0.717) is 0 Å². The zero-order valence-electron chi connectivity index (χ0n) is 15.1. The summed E-state index contributed by atoms with van der Waals surface area (Å²) in [7, 11) is 1.79. The van der Waals surface area contributed by atoms with Gasteiger partial charge in [-0.2, -0.15) is 0 Å². The standard InChI is InChI=1S/C13H20N4O.C2H6.C2H4/c1-6-10-13(18)16(5)11-7-14-9(4)15-12(11)17(10)8(2)3;2*1-2/h7-8,10H,6H2,1-5H3;1-2H3;1-2H2/t10-;;/m1../s1. The summed E-state index contributed by atoms with van der Waals surface area (Å²) in [6.07, 6.45) is 2.51. The molecule has 1 atom stereocenters. The van der Waals surface area contributed by atoms with E-state index in [1.54, 1.807) is 18.1 Å². The van der Waals surface area contributed by atoms with E-state index in [-0.39, 0.29) is 18.0 Å². The second-order valence-electron chi connectivity index (χ2n) is 4.95. The van der Waals surface area contributed by atoms with Crippen LogP contribution in [0.2, 0.25) is 0 Å². The minimum Gasteiger partial charge on any atom is -0.340 e. The first-order valence-electron chi connectivity index (χ1n) is 7.86. The van der Waals surface area contributed by atoms with Gasteiger partial charge in [-0.3, -0.25) is 4.79 Å². The fraction of sp³-hybridized carbons (Fsp3) is 0.588. The minimum atomic E-state index is -0.128. The van der Waals surface area contributed by atoms with Crippen LogP contribution in [-0.2, 0) is 4.79 Å². The van der Waals surface area contributed by atoms with E-state index in [1.165, 1.54) is 0 Å². The Bertz CT molecular complexity index is 488. The third-order valence-corrected chi connectivity index (χ3v) is 3.37. The first-order chi connectivity index (χ1) is 10.5. The van der Waals surface area contributed by atoms with Gasteiger partial charge in [-0.05, 0) is 27.2 Å². The lowest BCUT2D eigenvalue weighted by Crippen LogP contribution is -2.55. The van der Waals surface area contributed by atoms with Gasteiger partial charge in [-0.15, -0.1) is 13.2 Å². The van der Waals surface area contributed by atoms with Gasteiger partial charge in [0.15, 0.2) is 5.82 Å². The smallest absolute Gasteiger partial charge is 0.249 e. The number of amides is 1. The topological polar surface area (TPSA) is 49.3 Å². The maximum Gasteiger partial charge on any atom is 0.249 e. The first kappa shape index (κ1) is 20.1. The number of carbonyl (C=O) groups is 1. The van der Waals surface area contributed by atoms with Crippen molar-refractivity contribution in [2.24, 2.45) is 0 Å². The fourth-order valence-corrected chi connectivity index (χ4v) is 2.46. The van der Waals surface area contributed by atoms with Crippen molar-refractivity contribution in [2.45, 2.75) is 60.0 Å². The number of fused-ring (bicyclic) bond motifs is 1. The molecule has 0 spiro atoms. The molecule has 124 valence electrons. The molecule has 1 aliphatic rings. The van der Waals surface area contributed by atoms with Crippen LogP contribution >= 0.6 is 0 Å². The maximum atomic E-state index is 12.3. The Kier molecular flexibility index (Phi) is 8.38. The highest BCUT2D eigenvalue weighted by Gasteiger charge is 2.37. The minimum absolute atomic E-state index is 0.117. The zero-order valence-corrected chi connectivity index (χ0v) is 15.1. The molecule has 5 nitrogen and oxygen atoms in total. The number of anilines is 2. The van der Waals surface area contributed by atoms with E-state index in [2.05, 4.69) is 41.9 Å². The van der Waals surface area contributed by atoms with Crippen molar-refractivity contribution in [1.82, 2.24) is 9.97 Å². The first-order valence-corrected chi connectivity index (χ1v) is 7.86. The summed E-state index contributed by atoms with van der Waals surface area (Å²) in [5.41, 5.74) is 0.795. The van der Waals surface area contributed by atoms with Crippen molar-refractivity contribution >= 4 is 17.4 Å². The number of likely N-dealkylation sites (N-methyl/N-ethyl adjacent to an activating group) is 1. The average Bonchev–Trinajstić information content (AvgIpc) is 2.53. The summed E-state index contributed by atoms with van der Waals surface area (Å²) in [5.74, 6) is 1.72. The highest BCUT2D eigenvalue weighted by Crippen LogP contribution is 2.35. The molecule has 5 heteroatoms. The van der Waals surface area contributed by atoms with Crippen molar-refractivity contribution in [1.29, 1.82) is 0 Å². The lowest BCUT2D eigenvalue weighted by atomic mass is 10.1. The van der Waals surface area contributed by atoms with Crippen LogP contribution < -0.4 is 9.80 Å². The molecule has 0 aromatic carbocycles. The number of rotatable bonds is 2. The van der Waals surface area contributed by atoms with Crippen molar-refractivity contribution in [3.63, 3.8) is 0 Å². The molecule has 0 unspecified atom stereocenters. The predicted octanol–water partition coefficient (Wildman–Crippen LogP) is 3.58. The Morgan fingerprint density at radius 3 is 2.32 bits per heavy atom. The van der Waals surface area contributed by atoms with Crippen LogP contribution in [0.25, 0.3) is 0 Å². The number of aromatic nitrogens is 2. The van der Waals surface area contributed by atoms with Gasteiger partial charge in [0.1, 0.15) is 17.6 Å². The number of aryl methyl sites for hydroxylation is 1. The van der Waals surface area contributed by atoms with E-state index in [4.69, 9.17) is 0 Å². The Hall–Kier alpha value is -1.91. The monoisotopic (exact) mass is 306 g/mol. The SMILES string of the molecule is C=C.CC.CC[C@@H]1C(=O)N(C)c2cnc(C)nc2N1C(C)C. The highest BCUT2D eigenvalue weighted by molar-refractivity contribution is 6.04. The predicted molar refractivity (Wildman–Crippen MR) is 94.5 cm³/mol. The number of hydrogen-bond acceptors (Lipinski definition) is 4. The summed E-state index contributed by atoms with van der Waals surface area (Å²) in [4.78, 5) is 24.8. The second kappa shape index (κ2) is 9.18. The van der Waals surface area contributed by atoms with Crippen molar-refractivity contribution in [3.05, 3.63) is 25.2 Å². The molecule has 0 saturated carbocycles. The van der Waals surface area contributed by atoms with Crippen LogP contribution in [0.5, 0.6) is 0 Å². The van der Waals surface area contributed by atoms with E-state index < -0.39 is 0 Å². The van der Waals surface area contributed by atoms with Crippen LogP contribution in [0.3, 0.4) is 0 Å². The lowest BCUT2D eigenvalue weighted by molar-refractivity contribution is -0.120. The summed E-state index contributed by atoms with van der Waals surface area (Å²) < 4.78 is 0. The fourth-order valence-electron chi connectivity index (χ4n) is 2.46. The largest absolute Gasteiger partial charge is 0.340 e. The Balaban J connectivity index is 0.00000102. The molecule has 22 heavy (non-hydrogen) atoms. The third-order valence-electron chi connectivity index (χ3n) is 3.37. The molecule has 0 N–H and O–H groups in total. The molecule has 2 rings (SSSR count). The van der Waals surface area contributed by atoms with Gasteiger partial charge in [-0.1, -0.05) is 20.8 Å². The molecular weight excluding hydrogens is 276 g/mol. The van der Waals surface area contributed by atoms with Crippen LogP contribution in [0.1, 0.15) is 46.9 Å². The lowest BCUT2D eigenvalue weighted by Gasteiger charge is -2.42. The van der Waals surface area contributed by atoms with Gasteiger partial charge < -0.3 is 9.80 Å². The second-order valence-corrected chi connectivity index (χ2v) is 4.95. The molecule has 0 aliphatic carbocycles. The van der Waals surface area contributed by atoms with Gasteiger partial charge >= 0.3 is 0 Å². The molecule has 0 saturated heterocycles. The average molecular weight is 306 g/mol. The molecule has 1 aromatic heterocycles. The van der Waals surface area contributed by atoms with Gasteiger partial charge in [0.2, 0.25) is 5.91 Å². The van der Waals surface area contributed by atoms with E-state index in [0.717, 1.165) is 23.8 Å². The molecule has 1 aromatic rings. The van der Waals surface area contributed by atoms with E-state index in [1.807, 2.05) is 27.7 Å². The van der Waals surface area contributed by atoms with Gasteiger partial charge in [0, 0.05) is 13.1 Å². The highest BCUT2D eigenvalue weighted by atomic mass is 16.2. The summed E-state index contributed by atoms with van der Waals surface area (Å²) in [6, 6.07) is 0.109. The van der Waals surface area contributed by atoms with Crippen molar-refractivity contribution in [2.75, 3.05) is 16.8 Å². The Morgan fingerprint density at radius 1 is 1.32 bits per heavy atom. The van der Waals surface area contributed by atoms with Crippen LogP contribution in [-0.4, -0.2) is 35.0 Å². The summed E-state index contributed by atoms with van der Waals surface area (Å²) in [6.45, 7) is 18.1. The molecule has 0 bridgehead atoms. The van der Waals surface area contributed by atoms with Crippen LogP contribution in [0.15, 0.2) is 19.4 Å². The van der Waals surface area contributed by atoms with Gasteiger partial charge in [0.25, 0.3) is 0 Å². The van der Waals surface area contributed by atoms with E-state index >= 15 is 0 Å². The summed E-state index contributed by atoms with van der Waals surface area (Å²) in [5, 5.41) is 0. The zero-order chi connectivity index (χ0) is 17.4. The molecule has 2 heterocycles. The number of carbonyl (C=O) groups excluding carboxylic acids is 1. The van der Waals surface area contributed by atoms with Gasteiger partial charge in [0.05, 0.1) is 6.20 Å². The summed E-state index contributed by atoms with van der Waals surface area (Å²) >= 11 is 0. The molecule has 0 fully saturated rings. The molecule has 1 aliphatic heterocycles. The van der Waals surface area contributed by atoms with E-state index in [9.17, 15) is 4.79 Å². The van der Waals surface area contributed by atoms with Gasteiger partial charge in [-0.25, -0.2) is 9.97 Å². The quantitative estimate of drug-likeness (QED) is 0.784. The maximum absolute atomic E-state index is 12.3. The number of nitrogens with zero attached hydrogens (tertiary/aromatic N) is 4. The van der Waals surface area contributed by atoms with Crippen LogP contribution in [0.4, 0.5) is 11.5 Å². The van der Waals surface area contributed by atoms with Crippen LogP contribution in [0, 0.1) is 6.92 Å². The van der Waals surface area contributed by atoms with Crippen molar-refractivity contribution < 1.29 is 4.79 Å². The molecular formula is C17H30N4O.